The second kappa shape index (κ2) is 11.0. The van der Waals surface area contributed by atoms with Gasteiger partial charge >= 0.3 is 12.1 Å². The van der Waals surface area contributed by atoms with Crippen LogP contribution in [0.3, 0.4) is 0 Å². The fourth-order valence-electron chi connectivity index (χ4n) is 3.62. The summed E-state index contributed by atoms with van der Waals surface area (Å²) in [6.45, 7) is 5.41. The number of anilines is 2. The zero-order valence-corrected chi connectivity index (χ0v) is 20.8. The molecule has 190 valence electrons. The Bertz CT molecular complexity index is 1350. The van der Waals surface area contributed by atoms with E-state index in [4.69, 9.17) is 14.0 Å². The van der Waals surface area contributed by atoms with Crippen LogP contribution in [0.15, 0.2) is 59.1 Å². The summed E-state index contributed by atoms with van der Waals surface area (Å²) in [6, 6.07) is 16.2. The molecule has 1 fully saturated rings. The Labute approximate surface area is 214 Å². The number of hydrogen-bond donors (Lipinski definition) is 2. The maximum absolute atomic E-state index is 12.6. The summed E-state index contributed by atoms with van der Waals surface area (Å²) < 4.78 is 15.8. The Morgan fingerprint density at radius 2 is 1.76 bits per heavy atom. The van der Waals surface area contributed by atoms with E-state index in [9.17, 15) is 14.4 Å². The normalized spacial score (nSPS) is 13.9. The molecular weight excluding hydrogens is 474 g/mol. The molecular formula is C28H27N3O6. The average Bonchev–Trinajstić information content (AvgIpc) is 3.65. The lowest BCUT2D eigenvalue weighted by Crippen LogP contribution is -2.33. The van der Waals surface area contributed by atoms with Crippen LogP contribution in [0, 0.1) is 24.2 Å². The van der Waals surface area contributed by atoms with Crippen LogP contribution in [-0.2, 0) is 19.1 Å². The standard InChI is InChI=1S/C28H27N3O6/c1-4-35-26(33)28(16-17-28)25(32)29-22-13-10-20(11-14-22)12-15-23-24(18(2)31-37-23)30-27(34)36-19(3)21-8-6-5-7-9-21/h5-11,13-14,19H,4,16-17H2,1-3H3,(H,29,32)(H,30,34)/t19-/m1/s1. The fourth-order valence-corrected chi connectivity index (χ4v) is 3.62. The van der Waals surface area contributed by atoms with E-state index < -0.39 is 23.6 Å². The molecule has 2 aromatic carbocycles. The van der Waals surface area contributed by atoms with Gasteiger partial charge in [-0.25, -0.2) is 4.79 Å². The summed E-state index contributed by atoms with van der Waals surface area (Å²) in [4.78, 5) is 37.1. The molecule has 1 atom stereocenters. The first-order chi connectivity index (χ1) is 17.8. The van der Waals surface area contributed by atoms with E-state index in [0.29, 0.717) is 35.5 Å². The minimum atomic E-state index is -1.08. The number of nitrogens with zero attached hydrogens (tertiary/aromatic N) is 1. The SMILES string of the molecule is CCOC(=O)C1(C(=O)Nc2ccc(C#Cc3onc(C)c3NC(=O)O[C@H](C)c3ccccc3)cc2)CC1. The van der Waals surface area contributed by atoms with Crippen LogP contribution >= 0.6 is 0 Å². The van der Waals surface area contributed by atoms with Gasteiger partial charge < -0.3 is 19.3 Å². The van der Waals surface area contributed by atoms with Gasteiger partial charge in [-0.15, -0.1) is 0 Å². The third-order valence-electron chi connectivity index (χ3n) is 5.96. The van der Waals surface area contributed by atoms with E-state index in [1.165, 1.54) is 0 Å². The van der Waals surface area contributed by atoms with E-state index in [1.807, 2.05) is 30.3 Å². The van der Waals surface area contributed by atoms with Crippen molar-refractivity contribution in [2.45, 2.75) is 39.7 Å². The number of amides is 2. The summed E-state index contributed by atoms with van der Waals surface area (Å²) in [7, 11) is 0. The van der Waals surface area contributed by atoms with Crippen LogP contribution in [0.25, 0.3) is 0 Å². The maximum atomic E-state index is 12.6. The van der Waals surface area contributed by atoms with Gasteiger partial charge in [-0.1, -0.05) is 41.4 Å². The lowest BCUT2D eigenvalue weighted by atomic mass is 10.1. The second-order valence-electron chi connectivity index (χ2n) is 8.64. The van der Waals surface area contributed by atoms with Crippen molar-refractivity contribution in [3.8, 4) is 11.8 Å². The van der Waals surface area contributed by atoms with Gasteiger partial charge in [-0.05, 0) is 69.4 Å². The van der Waals surface area contributed by atoms with Crippen LogP contribution in [0.2, 0.25) is 0 Å². The number of aromatic nitrogens is 1. The van der Waals surface area contributed by atoms with Crippen LogP contribution in [0.1, 0.15) is 55.4 Å². The molecule has 3 aromatic rings. The zero-order chi connectivity index (χ0) is 26.4. The molecule has 2 amide bonds. The molecule has 1 aliphatic rings. The highest BCUT2D eigenvalue weighted by molar-refractivity contribution is 6.11. The largest absolute Gasteiger partial charge is 0.465 e. The smallest absolute Gasteiger partial charge is 0.412 e. The van der Waals surface area contributed by atoms with Gasteiger partial charge in [0.05, 0.1) is 6.61 Å². The molecule has 1 heterocycles. The molecule has 0 saturated heterocycles. The lowest BCUT2D eigenvalue weighted by molar-refractivity contribution is -0.152. The van der Waals surface area contributed by atoms with Crippen molar-refractivity contribution in [3.05, 3.63) is 77.2 Å². The van der Waals surface area contributed by atoms with Crippen LogP contribution < -0.4 is 10.6 Å². The molecule has 0 unspecified atom stereocenters. The predicted molar refractivity (Wildman–Crippen MR) is 136 cm³/mol. The molecule has 1 saturated carbocycles. The number of nitrogens with one attached hydrogen (secondary N) is 2. The van der Waals surface area contributed by atoms with Gasteiger partial charge in [0.1, 0.15) is 22.9 Å². The number of benzene rings is 2. The number of rotatable bonds is 7. The molecule has 4 rings (SSSR count). The van der Waals surface area contributed by atoms with Crippen molar-refractivity contribution in [1.29, 1.82) is 0 Å². The lowest BCUT2D eigenvalue weighted by Gasteiger charge is -2.14. The minimum absolute atomic E-state index is 0.185. The summed E-state index contributed by atoms with van der Waals surface area (Å²) in [5, 5.41) is 9.32. The van der Waals surface area contributed by atoms with Gasteiger partial charge in [0.2, 0.25) is 11.7 Å². The molecule has 0 aliphatic heterocycles. The average molecular weight is 502 g/mol. The van der Waals surface area contributed by atoms with Crippen LogP contribution in [0.5, 0.6) is 0 Å². The van der Waals surface area contributed by atoms with Crippen molar-refractivity contribution in [1.82, 2.24) is 5.16 Å². The van der Waals surface area contributed by atoms with Crippen molar-refractivity contribution in [3.63, 3.8) is 0 Å². The van der Waals surface area contributed by atoms with Crippen molar-refractivity contribution in [2.24, 2.45) is 5.41 Å². The maximum Gasteiger partial charge on any atom is 0.412 e. The van der Waals surface area contributed by atoms with E-state index in [0.717, 1.165) is 5.56 Å². The molecule has 9 nitrogen and oxygen atoms in total. The summed E-state index contributed by atoms with van der Waals surface area (Å²) in [5.41, 5.74) is 1.76. The van der Waals surface area contributed by atoms with Gasteiger partial charge in [0.15, 0.2) is 0 Å². The van der Waals surface area contributed by atoms with E-state index >= 15 is 0 Å². The fraction of sp³-hybridized carbons (Fsp3) is 0.286. The van der Waals surface area contributed by atoms with E-state index in [1.54, 1.807) is 45.0 Å². The molecule has 1 aliphatic carbocycles. The molecule has 0 radical (unpaired) electrons. The quantitative estimate of drug-likeness (QED) is 0.266. The first-order valence-electron chi connectivity index (χ1n) is 11.9. The Morgan fingerprint density at radius 3 is 2.41 bits per heavy atom. The van der Waals surface area contributed by atoms with Crippen LogP contribution in [-0.4, -0.2) is 29.7 Å². The number of hydrogen-bond acceptors (Lipinski definition) is 7. The van der Waals surface area contributed by atoms with Gasteiger partial charge in [0.25, 0.3) is 0 Å². The first kappa shape index (κ1) is 25.5. The topological polar surface area (TPSA) is 120 Å². The molecule has 9 heteroatoms. The van der Waals surface area contributed by atoms with Gasteiger partial charge in [-0.3, -0.25) is 14.9 Å². The molecule has 0 bridgehead atoms. The summed E-state index contributed by atoms with van der Waals surface area (Å²) in [5.74, 6) is 5.15. The summed E-state index contributed by atoms with van der Waals surface area (Å²) in [6.07, 6.45) is -0.135. The highest BCUT2D eigenvalue weighted by Crippen LogP contribution is 2.47. The predicted octanol–water partition coefficient (Wildman–Crippen LogP) is 4.97. The highest BCUT2D eigenvalue weighted by atomic mass is 16.6. The van der Waals surface area contributed by atoms with E-state index in [2.05, 4.69) is 27.6 Å². The Hall–Kier alpha value is -4.58. The van der Waals surface area contributed by atoms with Crippen molar-refractivity contribution < 1.29 is 28.4 Å². The molecule has 2 N–H and O–H groups in total. The van der Waals surface area contributed by atoms with Crippen molar-refractivity contribution >= 4 is 29.3 Å². The van der Waals surface area contributed by atoms with Gasteiger partial charge in [-0.2, -0.15) is 0 Å². The number of aryl methyl sites for hydroxylation is 1. The summed E-state index contributed by atoms with van der Waals surface area (Å²) >= 11 is 0. The monoisotopic (exact) mass is 501 g/mol. The number of carbonyl (C=O) groups is 3. The first-order valence-corrected chi connectivity index (χ1v) is 11.9. The van der Waals surface area contributed by atoms with Crippen molar-refractivity contribution in [2.75, 3.05) is 17.2 Å². The molecule has 37 heavy (non-hydrogen) atoms. The highest BCUT2D eigenvalue weighted by Gasteiger charge is 2.58. The van der Waals surface area contributed by atoms with E-state index in [-0.39, 0.29) is 18.3 Å². The zero-order valence-electron chi connectivity index (χ0n) is 20.8. The third-order valence-corrected chi connectivity index (χ3v) is 5.96. The molecule has 1 aromatic heterocycles. The van der Waals surface area contributed by atoms with Gasteiger partial charge in [0, 0.05) is 11.3 Å². The number of ether oxygens (including phenoxy) is 2. The number of carbonyl (C=O) groups excluding carboxylic acids is 3. The number of esters is 1. The third kappa shape index (κ3) is 5.98. The Morgan fingerprint density at radius 1 is 1.05 bits per heavy atom. The molecule has 0 spiro atoms. The Balaban J connectivity index is 1.38. The minimum Gasteiger partial charge on any atom is -0.465 e. The Kier molecular flexibility index (Phi) is 7.58. The second-order valence-corrected chi connectivity index (χ2v) is 8.64. The van der Waals surface area contributed by atoms with Crippen LogP contribution in [0.4, 0.5) is 16.2 Å².